The number of likely N-dealkylation sites (tertiary alicyclic amines) is 1. The predicted molar refractivity (Wildman–Crippen MR) is 285 cm³/mol. The maximum atomic E-state index is 13.3. The van der Waals surface area contributed by atoms with E-state index in [1.54, 1.807) is 50.6 Å². The third-order valence-electron chi connectivity index (χ3n) is 16.4. The number of ether oxygens (including phenoxy) is 3. The van der Waals surface area contributed by atoms with E-state index in [1.165, 1.54) is 60.5 Å². The minimum atomic E-state index is -3.70. The zero-order valence-electron chi connectivity index (χ0n) is 44.4. The highest BCUT2D eigenvalue weighted by Crippen LogP contribution is 2.56. The summed E-state index contributed by atoms with van der Waals surface area (Å²) < 4.78 is 46.2. The Bertz CT molecular complexity index is 2820. The van der Waals surface area contributed by atoms with Gasteiger partial charge in [-0.1, -0.05) is 57.2 Å². The van der Waals surface area contributed by atoms with Crippen LogP contribution < -0.4 is 19.8 Å². The molecule has 0 spiro atoms. The zero-order chi connectivity index (χ0) is 51.4. The molecule has 0 amide bonds. The fraction of sp³-hybridized carbons (Fsp3) is 0.589. The van der Waals surface area contributed by atoms with Crippen LogP contribution >= 0.6 is 0 Å². The van der Waals surface area contributed by atoms with Crippen LogP contribution in [-0.2, 0) is 40.9 Å². The van der Waals surface area contributed by atoms with Crippen molar-refractivity contribution < 1.29 is 27.7 Å². The van der Waals surface area contributed by atoms with E-state index >= 15 is 0 Å². The van der Waals surface area contributed by atoms with Gasteiger partial charge in [-0.3, -0.25) is 9.48 Å². The van der Waals surface area contributed by atoms with Gasteiger partial charge >= 0.3 is 0 Å². The molecule has 5 aromatic rings. The Labute approximate surface area is 427 Å². The number of H-pyrrole nitrogens is 1. The number of hydrogen-bond donors (Lipinski definition) is 2. The number of sulfonamides is 1. The molecule has 3 aromatic carbocycles. The number of rotatable bonds is 12. The lowest BCUT2D eigenvalue weighted by atomic mass is 9.52. The van der Waals surface area contributed by atoms with E-state index in [0.717, 1.165) is 66.9 Å². The monoisotopic (exact) mass is 1010 g/mol. The average Bonchev–Trinajstić information content (AvgIpc) is 3.70. The summed E-state index contributed by atoms with van der Waals surface area (Å²) in [4.78, 5) is 27.5. The average molecular weight is 1010 g/mol. The van der Waals surface area contributed by atoms with Crippen molar-refractivity contribution in [2.75, 3.05) is 88.3 Å². The normalized spacial score (nSPS) is 24.6. The van der Waals surface area contributed by atoms with Crippen LogP contribution in [0.15, 0.2) is 70.4 Å². The number of likely N-dealkylation sites (N-methyl/N-ethyl adjacent to an activating group) is 2. The zero-order valence-corrected chi connectivity index (χ0v) is 45.2. The third-order valence-corrected chi connectivity index (χ3v) is 18.3. The number of fused-ring (bicyclic) bond motifs is 2. The minimum Gasteiger partial charge on any atom is -0.497 e. The van der Waals surface area contributed by atoms with Gasteiger partial charge < -0.3 is 39.0 Å². The number of aryl methyl sites for hydroxylation is 2. The maximum Gasteiger partial charge on any atom is 0.277 e. The van der Waals surface area contributed by atoms with Crippen molar-refractivity contribution in [2.45, 2.75) is 113 Å². The smallest absolute Gasteiger partial charge is 0.277 e. The van der Waals surface area contributed by atoms with E-state index in [2.05, 4.69) is 64.1 Å². The van der Waals surface area contributed by atoms with Gasteiger partial charge in [0, 0.05) is 57.1 Å². The molecule has 2 saturated carbocycles. The summed E-state index contributed by atoms with van der Waals surface area (Å²) in [6.45, 7) is 8.67. The summed E-state index contributed by atoms with van der Waals surface area (Å²) in [6.07, 6.45) is 14.0. The van der Waals surface area contributed by atoms with Crippen LogP contribution in [-0.4, -0.2) is 147 Å². The topological polar surface area (TPSA) is 159 Å². The molecule has 2 N–H and O–H groups in total. The molecule has 2 aromatic heterocycles. The highest BCUT2D eigenvalue weighted by molar-refractivity contribution is 7.89. The molecule has 2 saturated heterocycles. The van der Waals surface area contributed by atoms with Crippen molar-refractivity contribution in [3.05, 3.63) is 93.4 Å². The Balaban J connectivity index is 0.000000153. The van der Waals surface area contributed by atoms with Crippen LogP contribution in [0.2, 0.25) is 0 Å². The van der Waals surface area contributed by atoms with E-state index < -0.39 is 15.6 Å². The first kappa shape index (κ1) is 53.5. The quantitative estimate of drug-likeness (QED) is 0.126. The number of benzene rings is 3. The highest BCUT2D eigenvalue weighted by atomic mass is 32.2. The Morgan fingerprint density at radius 1 is 0.861 bits per heavy atom. The van der Waals surface area contributed by atoms with Gasteiger partial charge in [0.2, 0.25) is 10.0 Å². The molecule has 16 heteroatoms. The maximum absolute atomic E-state index is 13.3. The largest absolute Gasteiger partial charge is 0.497 e. The van der Waals surface area contributed by atoms with Crippen LogP contribution in [0.25, 0.3) is 22.4 Å². The van der Waals surface area contributed by atoms with Crippen LogP contribution in [0, 0.1) is 11.8 Å². The number of aromatic nitrogens is 4. The highest BCUT2D eigenvalue weighted by Gasteiger charge is 2.53. The molecule has 4 fully saturated rings. The van der Waals surface area contributed by atoms with Gasteiger partial charge in [0.25, 0.3) is 5.56 Å². The van der Waals surface area contributed by atoms with Crippen molar-refractivity contribution in [1.29, 1.82) is 0 Å². The molecular formula is C56H80N8O7S. The van der Waals surface area contributed by atoms with Crippen molar-refractivity contribution in [2.24, 2.45) is 18.9 Å². The molecule has 0 unspecified atom stereocenters. The molecule has 3 aliphatic carbocycles. The molecule has 4 heterocycles. The number of aromatic amines is 1. The second-order valence-electron chi connectivity index (χ2n) is 21.1. The first-order valence-electron chi connectivity index (χ1n) is 26.4. The number of nitrogens with zero attached hydrogens (tertiary/aromatic N) is 7. The van der Waals surface area contributed by atoms with Gasteiger partial charge in [-0.2, -0.15) is 9.40 Å². The lowest BCUT2D eigenvalue weighted by Gasteiger charge is -2.58. The van der Waals surface area contributed by atoms with Crippen molar-refractivity contribution >= 4 is 21.1 Å². The summed E-state index contributed by atoms with van der Waals surface area (Å²) in [7, 11) is 9.92. The number of piperazine rings is 1. The van der Waals surface area contributed by atoms with Gasteiger partial charge in [0.1, 0.15) is 28.6 Å². The molecule has 15 nitrogen and oxygen atoms in total. The fourth-order valence-corrected chi connectivity index (χ4v) is 14.0. The van der Waals surface area contributed by atoms with Gasteiger partial charge in [0.05, 0.1) is 42.6 Å². The lowest BCUT2D eigenvalue weighted by Crippen LogP contribution is -2.59. The molecule has 10 rings (SSSR count). The minimum absolute atomic E-state index is 0.147. The van der Waals surface area contributed by atoms with Crippen LogP contribution in [0.3, 0.4) is 0 Å². The van der Waals surface area contributed by atoms with Crippen LogP contribution in [0.4, 0.5) is 0 Å². The number of piperidine rings is 1. The summed E-state index contributed by atoms with van der Waals surface area (Å²) in [6, 6.07) is 20.2. The number of aliphatic hydroxyl groups is 1. The molecule has 5 atom stereocenters. The predicted octanol–water partition coefficient (Wildman–Crippen LogP) is 7.63. The molecule has 72 heavy (non-hydrogen) atoms. The first-order valence-corrected chi connectivity index (χ1v) is 27.8. The SMILES string of the molecule is CCCc1nn(C)c2c(=O)[nH]c(-c3cc(S(=O)(=O)N4CCN(C)CC4)ccc3OCC)nc12.COc1ccc2c(c1)[C@]13CCCC[C@@H]1[C@H](C2)N(C)CC3.COc1cccc([C@@]2(O)CCCC[C@@H]2CN(C)C)c1. The van der Waals surface area contributed by atoms with Gasteiger partial charge in [-0.05, 0) is 152 Å². The Morgan fingerprint density at radius 3 is 2.32 bits per heavy atom. The fourth-order valence-electron chi connectivity index (χ4n) is 12.6. The second-order valence-corrected chi connectivity index (χ2v) is 23.1. The van der Waals surface area contributed by atoms with E-state index in [9.17, 15) is 18.3 Å². The van der Waals surface area contributed by atoms with E-state index in [0.29, 0.717) is 72.9 Å². The van der Waals surface area contributed by atoms with Gasteiger partial charge in [0.15, 0.2) is 5.52 Å². The third kappa shape index (κ3) is 10.9. The molecule has 0 radical (unpaired) electrons. The van der Waals surface area contributed by atoms with E-state index in [-0.39, 0.29) is 16.3 Å². The van der Waals surface area contributed by atoms with Crippen molar-refractivity contribution in [3.8, 4) is 28.6 Å². The van der Waals surface area contributed by atoms with Gasteiger partial charge in [-0.15, -0.1) is 0 Å². The van der Waals surface area contributed by atoms with Crippen molar-refractivity contribution in [3.63, 3.8) is 0 Å². The Morgan fingerprint density at radius 2 is 1.60 bits per heavy atom. The van der Waals surface area contributed by atoms with Gasteiger partial charge in [-0.25, -0.2) is 13.4 Å². The Kier molecular flexibility index (Phi) is 16.9. The van der Waals surface area contributed by atoms with Crippen LogP contribution in [0.5, 0.6) is 17.2 Å². The summed E-state index contributed by atoms with van der Waals surface area (Å²) in [5.74, 6) is 3.74. The summed E-state index contributed by atoms with van der Waals surface area (Å²) in [5, 5.41) is 15.6. The van der Waals surface area contributed by atoms with Crippen molar-refractivity contribution in [1.82, 2.24) is 38.8 Å². The summed E-state index contributed by atoms with van der Waals surface area (Å²) in [5.41, 5.74) is 5.70. The Hall–Kier alpha value is -4.84. The molecule has 2 aliphatic heterocycles. The summed E-state index contributed by atoms with van der Waals surface area (Å²) >= 11 is 0. The van der Waals surface area contributed by atoms with E-state index in [4.69, 9.17) is 19.2 Å². The van der Waals surface area contributed by atoms with E-state index in [1.807, 2.05) is 45.2 Å². The second kappa shape index (κ2) is 22.7. The van der Waals surface area contributed by atoms with Crippen LogP contribution in [0.1, 0.15) is 100 Å². The number of nitrogens with one attached hydrogen (secondary N) is 1. The first-order chi connectivity index (χ1) is 34.6. The standard InChI is InChI=1S/C22H30N6O4S.C18H25NO.C16H25NO2/c1-5-7-17-19-20(27(4)25-17)22(29)24-21(23-19)16-14-15(8-9-18(16)32-6-2)33(30,31)28-12-10-26(3)11-13-28;1-19-10-9-18-8-4-3-5-15(18)17(19)11-13-6-7-14(20-2)12-16(13)18;1-17(2)12-14-7-4-5-10-16(14,18)13-8-6-9-15(11-13)19-3/h8-9,14H,5-7,10-13H2,1-4H3,(H,23,24,29);6-7,12,15,17H,3-5,8-11H2,1-2H3;6,8-9,11,14,18H,4-5,7,10,12H2,1-3H3/t;15-,17+,18+;14-,16+/m.11/s1. The lowest BCUT2D eigenvalue weighted by molar-refractivity contribution is -0.0619. The molecular weight excluding hydrogens is 929 g/mol. The number of hydrogen-bond acceptors (Lipinski definition) is 12. The number of methoxy groups -OCH3 is 2. The molecule has 5 aliphatic rings. The molecule has 392 valence electrons. The molecule has 2 bridgehead atoms.